The molecular formula is C14H19N5OS. The van der Waals surface area contributed by atoms with E-state index >= 15 is 0 Å². The maximum absolute atomic E-state index is 12.0. The fourth-order valence-corrected chi connectivity index (χ4v) is 2.86. The van der Waals surface area contributed by atoms with Gasteiger partial charge in [-0.2, -0.15) is 8.75 Å². The summed E-state index contributed by atoms with van der Waals surface area (Å²) >= 11 is 1.05. The van der Waals surface area contributed by atoms with Gasteiger partial charge in [0, 0.05) is 30.6 Å². The van der Waals surface area contributed by atoms with Gasteiger partial charge in [0.25, 0.3) is 5.91 Å². The molecule has 2 aromatic rings. The molecule has 0 aliphatic carbocycles. The molecule has 0 aromatic carbocycles. The van der Waals surface area contributed by atoms with Crippen LogP contribution in [0.3, 0.4) is 0 Å². The van der Waals surface area contributed by atoms with Crippen LogP contribution in [-0.4, -0.2) is 30.2 Å². The lowest BCUT2D eigenvalue weighted by Crippen LogP contribution is -2.41. The molecule has 1 atom stereocenters. The van der Waals surface area contributed by atoms with Gasteiger partial charge in [-0.25, -0.2) is 4.98 Å². The van der Waals surface area contributed by atoms with E-state index in [0.717, 1.165) is 42.6 Å². The second-order valence-electron chi connectivity index (χ2n) is 6.45. The normalized spacial score (nSPS) is 18.3. The van der Waals surface area contributed by atoms with E-state index in [9.17, 15) is 4.79 Å². The van der Waals surface area contributed by atoms with Gasteiger partial charge in [0.15, 0.2) is 5.69 Å². The first-order chi connectivity index (χ1) is 9.93. The van der Waals surface area contributed by atoms with Crippen LogP contribution in [0.2, 0.25) is 0 Å². The van der Waals surface area contributed by atoms with Gasteiger partial charge in [0.05, 0.1) is 23.6 Å². The van der Waals surface area contributed by atoms with E-state index in [-0.39, 0.29) is 17.4 Å². The van der Waals surface area contributed by atoms with Crippen LogP contribution in [-0.2, 0) is 18.4 Å². The Balaban J connectivity index is 1.70. The minimum atomic E-state index is -0.145. The lowest BCUT2D eigenvalue weighted by atomic mass is 9.93. The zero-order valence-corrected chi connectivity index (χ0v) is 13.3. The number of nitrogens with one attached hydrogen (secondary N) is 1. The molecule has 3 rings (SSSR count). The maximum atomic E-state index is 12.0. The number of imidazole rings is 1. The van der Waals surface area contributed by atoms with Crippen LogP contribution in [0.1, 0.15) is 49.2 Å². The average molecular weight is 305 g/mol. The quantitative estimate of drug-likeness (QED) is 0.918. The molecule has 0 fully saturated rings. The minimum absolute atomic E-state index is 0.0509. The van der Waals surface area contributed by atoms with Crippen molar-refractivity contribution in [2.24, 2.45) is 0 Å². The van der Waals surface area contributed by atoms with Gasteiger partial charge >= 0.3 is 0 Å². The molecule has 21 heavy (non-hydrogen) atoms. The molecule has 1 aliphatic heterocycles. The second-order valence-corrected chi connectivity index (χ2v) is 7.00. The first kappa shape index (κ1) is 14.2. The highest BCUT2D eigenvalue weighted by Gasteiger charge is 2.25. The number of rotatable bonds is 2. The van der Waals surface area contributed by atoms with Gasteiger partial charge < -0.3 is 9.88 Å². The van der Waals surface area contributed by atoms with Crippen LogP contribution in [0.25, 0.3) is 0 Å². The molecule has 0 spiro atoms. The number of fused-ring (bicyclic) bond motifs is 1. The number of aryl methyl sites for hydroxylation is 1. The van der Waals surface area contributed by atoms with Crippen molar-refractivity contribution in [3.05, 3.63) is 29.6 Å². The molecule has 0 radical (unpaired) electrons. The highest BCUT2D eigenvalue weighted by atomic mass is 32.1. The predicted octanol–water partition coefficient (Wildman–Crippen LogP) is 1.78. The van der Waals surface area contributed by atoms with Gasteiger partial charge in [-0.1, -0.05) is 20.8 Å². The molecule has 1 aliphatic rings. The molecule has 1 amide bonds. The second kappa shape index (κ2) is 5.22. The van der Waals surface area contributed by atoms with E-state index in [1.54, 1.807) is 0 Å². The van der Waals surface area contributed by atoms with Gasteiger partial charge in [-0.05, 0) is 6.42 Å². The van der Waals surface area contributed by atoms with E-state index in [2.05, 4.69) is 45.6 Å². The summed E-state index contributed by atoms with van der Waals surface area (Å²) in [6, 6.07) is 0.119. The molecule has 0 bridgehead atoms. The fraction of sp³-hybridized carbons (Fsp3) is 0.571. The Hall–Kier alpha value is -1.76. The van der Waals surface area contributed by atoms with Crippen molar-refractivity contribution in [1.29, 1.82) is 0 Å². The van der Waals surface area contributed by atoms with Crippen LogP contribution in [0.5, 0.6) is 0 Å². The Kier molecular flexibility index (Phi) is 3.52. The summed E-state index contributed by atoms with van der Waals surface area (Å²) in [6.07, 6.45) is 5.40. The predicted molar refractivity (Wildman–Crippen MR) is 80.4 cm³/mol. The molecule has 7 heteroatoms. The van der Waals surface area contributed by atoms with Gasteiger partial charge in [-0.15, -0.1) is 0 Å². The van der Waals surface area contributed by atoms with Gasteiger partial charge in [0.1, 0.15) is 5.82 Å². The van der Waals surface area contributed by atoms with E-state index in [0.29, 0.717) is 5.69 Å². The van der Waals surface area contributed by atoms with Crippen molar-refractivity contribution in [1.82, 2.24) is 23.6 Å². The van der Waals surface area contributed by atoms with E-state index < -0.39 is 0 Å². The van der Waals surface area contributed by atoms with Crippen molar-refractivity contribution in [2.45, 2.75) is 51.6 Å². The van der Waals surface area contributed by atoms with Crippen molar-refractivity contribution < 1.29 is 4.79 Å². The molecule has 6 nitrogen and oxygen atoms in total. The minimum Gasteiger partial charge on any atom is -0.346 e. The lowest BCUT2D eigenvalue weighted by Gasteiger charge is -2.24. The average Bonchev–Trinajstić information content (AvgIpc) is 3.06. The summed E-state index contributed by atoms with van der Waals surface area (Å²) in [5, 5.41) is 3.03. The third-order valence-electron chi connectivity index (χ3n) is 3.69. The van der Waals surface area contributed by atoms with Crippen LogP contribution < -0.4 is 5.32 Å². The standard InChI is InChI=1S/C14H19N5OS/c1-14(2,3)11-8-19-7-9(4-5-12(19)17-11)16-13(20)10-6-15-21-18-10/h6,8-9H,4-5,7H2,1-3H3,(H,16,20). The first-order valence-electron chi connectivity index (χ1n) is 7.08. The number of carbonyl (C=O) groups is 1. The van der Waals surface area contributed by atoms with E-state index in [4.69, 9.17) is 4.98 Å². The molecule has 0 saturated carbocycles. The van der Waals surface area contributed by atoms with E-state index in [1.165, 1.54) is 6.20 Å². The van der Waals surface area contributed by atoms with Crippen LogP contribution >= 0.6 is 11.7 Å². The fourth-order valence-electron chi connectivity index (χ4n) is 2.45. The van der Waals surface area contributed by atoms with Gasteiger partial charge in [-0.3, -0.25) is 4.79 Å². The zero-order chi connectivity index (χ0) is 15.0. The van der Waals surface area contributed by atoms with E-state index in [1.807, 2.05) is 0 Å². The Bertz CT molecular complexity index is 641. The number of nitrogens with zero attached hydrogens (tertiary/aromatic N) is 4. The number of aromatic nitrogens is 4. The molecule has 2 aromatic heterocycles. The van der Waals surface area contributed by atoms with Crippen LogP contribution in [0.4, 0.5) is 0 Å². The largest absolute Gasteiger partial charge is 0.346 e. The molecule has 1 unspecified atom stereocenters. The lowest BCUT2D eigenvalue weighted by molar-refractivity contribution is 0.0923. The maximum Gasteiger partial charge on any atom is 0.272 e. The number of carbonyl (C=O) groups excluding carboxylic acids is 1. The monoisotopic (exact) mass is 305 g/mol. The smallest absolute Gasteiger partial charge is 0.272 e. The highest BCUT2D eigenvalue weighted by molar-refractivity contribution is 6.99. The van der Waals surface area contributed by atoms with Crippen molar-refractivity contribution in [2.75, 3.05) is 0 Å². The molecular weight excluding hydrogens is 286 g/mol. The Labute approximate surface area is 127 Å². The molecule has 112 valence electrons. The Morgan fingerprint density at radius 3 is 2.95 bits per heavy atom. The van der Waals surface area contributed by atoms with Gasteiger partial charge in [0.2, 0.25) is 0 Å². The first-order valence-corrected chi connectivity index (χ1v) is 7.81. The number of amides is 1. The molecule has 3 heterocycles. The molecule has 0 saturated heterocycles. The van der Waals surface area contributed by atoms with Crippen molar-refractivity contribution in [3.8, 4) is 0 Å². The zero-order valence-electron chi connectivity index (χ0n) is 12.5. The SMILES string of the molecule is CC(C)(C)c1cn2c(n1)CCC(NC(=O)c1cnsn1)C2. The summed E-state index contributed by atoms with van der Waals surface area (Å²) in [5.74, 6) is 0.967. The summed E-state index contributed by atoms with van der Waals surface area (Å²) in [5.41, 5.74) is 1.55. The number of hydrogen-bond acceptors (Lipinski definition) is 5. The summed E-state index contributed by atoms with van der Waals surface area (Å²) < 4.78 is 9.98. The summed E-state index contributed by atoms with van der Waals surface area (Å²) in [4.78, 5) is 16.7. The molecule has 1 N–H and O–H groups in total. The third kappa shape index (κ3) is 2.97. The highest BCUT2D eigenvalue weighted by Crippen LogP contribution is 2.24. The third-order valence-corrected chi connectivity index (χ3v) is 4.17. The van der Waals surface area contributed by atoms with Crippen LogP contribution in [0.15, 0.2) is 12.4 Å². The Morgan fingerprint density at radius 1 is 1.48 bits per heavy atom. The van der Waals surface area contributed by atoms with Crippen molar-refractivity contribution >= 4 is 17.6 Å². The number of hydrogen-bond donors (Lipinski definition) is 1. The van der Waals surface area contributed by atoms with Crippen molar-refractivity contribution in [3.63, 3.8) is 0 Å². The topological polar surface area (TPSA) is 72.7 Å². The Morgan fingerprint density at radius 2 is 2.29 bits per heavy atom. The summed E-state index contributed by atoms with van der Waals surface area (Å²) in [7, 11) is 0. The summed E-state index contributed by atoms with van der Waals surface area (Å²) in [6.45, 7) is 7.25. The van der Waals surface area contributed by atoms with Crippen LogP contribution in [0, 0.1) is 0 Å².